The monoisotopic (exact) mass is 362 g/mol. The Hall–Kier alpha value is -1.94. The van der Waals surface area contributed by atoms with Crippen LogP contribution in [0.5, 0.6) is 0 Å². The Morgan fingerprint density at radius 2 is 1.58 bits per heavy atom. The Labute approximate surface area is 154 Å². The molecule has 1 saturated heterocycles. The summed E-state index contributed by atoms with van der Waals surface area (Å²) in [5.41, 5.74) is 1.40. The van der Waals surface area contributed by atoms with E-state index in [2.05, 4.69) is 44.0 Å². The van der Waals surface area contributed by atoms with E-state index in [1.807, 2.05) is 36.4 Å². The molecule has 1 fully saturated rings. The van der Waals surface area contributed by atoms with Gasteiger partial charge in [0.2, 0.25) is 5.95 Å². The molecular weight excluding hydrogens is 340 g/mol. The second-order valence-electron chi connectivity index (χ2n) is 5.57. The summed E-state index contributed by atoms with van der Waals surface area (Å²) in [5.74, 6) is 0.852. The maximum Gasteiger partial charge on any atom is 2.00 e. The number of piperazine rings is 1. The van der Waals surface area contributed by atoms with Gasteiger partial charge in [-0.2, -0.15) is 42.0 Å². The molecule has 24 heavy (non-hydrogen) atoms. The van der Waals surface area contributed by atoms with Crippen molar-refractivity contribution in [2.75, 3.05) is 31.1 Å². The van der Waals surface area contributed by atoms with E-state index in [0.29, 0.717) is 0 Å². The molecule has 0 N–H and O–H groups in total. The van der Waals surface area contributed by atoms with Gasteiger partial charge in [-0.3, -0.25) is 0 Å². The van der Waals surface area contributed by atoms with Crippen LogP contribution in [0.2, 0.25) is 0 Å². The minimum Gasteiger partial charge on any atom is -0.338 e. The third-order valence-electron chi connectivity index (χ3n) is 3.90. The quantitative estimate of drug-likeness (QED) is 0.530. The van der Waals surface area contributed by atoms with Crippen LogP contribution < -0.4 is 4.90 Å². The molecule has 0 amide bonds. The first-order chi connectivity index (χ1) is 11.4. The van der Waals surface area contributed by atoms with E-state index >= 15 is 0 Å². The van der Waals surface area contributed by atoms with Gasteiger partial charge in [-0.25, -0.2) is 28.2 Å². The second-order valence-corrected chi connectivity index (χ2v) is 5.57. The van der Waals surface area contributed by atoms with Crippen LogP contribution in [0.25, 0.3) is 0 Å². The molecule has 126 valence electrons. The molecule has 5 heteroatoms. The largest absolute Gasteiger partial charge is 2.00 e. The van der Waals surface area contributed by atoms with Gasteiger partial charge in [0, 0.05) is 38.6 Å². The maximum absolute atomic E-state index is 4.30. The van der Waals surface area contributed by atoms with E-state index in [0.717, 1.165) is 38.7 Å². The molecule has 4 nitrogen and oxygen atoms in total. The van der Waals surface area contributed by atoms with Gasteiger partial charge in [-0.05, 0) is 12.6 Å². The molecule has 3 aromatic rings. The Balaban J connectivity index is 0.000000300. The first kappa shape index (κ1) is 18.4. The third kappa shape index (κ3) is 5.60. The standard InChI is InChI=1S/C14H17N4.C5H5.Fe/c1-2-5-13(4-1)12-17-8-10-18(11-9-17)14-15-6-3-7-16-14;1-2-4-5-3-1;/h1-7H,8-12H2;1-5H;/q2*-1;+2. The van der Waals surface area contributed by atoms with Gasteiger partial charge in [-0.1, -0.05) is 0 Å². The molecule has 0 unspecified atom stereocenters. The predicted octanol–water partition coefficient (Wildman–Crippen LogP) is 2.92. The molecule has 0 saturated carbocycles. The van der Waals surface area contributed by atoms with Crippen LogP contribution in [0.4, 0.5) is 5.95 Å². The minimum absolute atomic E-state index is 0. The van der Waals surface area contributed by atoms with Gasteiger partial charge >= 0.3 is 17.1 Å². The molecule has 1 aliphatic heterocycles. The first-order valence-electron chi connectivity index (χ1n) is 8.03. The Bertz CT molecular complexity index is 612. The van der Waals surface area contributed by atoms with Gasteiger partial charge in [0.1, 0.15) is 0 Å². The van der Waals surface area contributed by atoms with Crippen LogP contribution in [0.15, 0.2) is 73.1 Å². The molecule has 2 aromatic carbocycles. The topological polar surface area (TPSA) is 32.3 Å². The zero-order valence-electron chi connectivity index (χ0n) is 13.6. The van der Waals surface area contributed by atoms with E-state index in [4.69, 9.17) is 0 Å². The van der Waals surface area contributed by atoms with E-state index in [1.54, 1.807) is 12.4 Å². The fourth-order valence-electron chi connectivity index (χ4n) is 2.66. The Morgan fingerprint density at radius 1 is 0.875 bits per heavy atom. The molecule has 1 aliphatic rings. The molecule has 0 atom stereocenters. The molecule has 1 aromatic heterocycles. The SMILES string of the molecule is [Fe+2].c1cc[cH-]c1.c1cnc(N2CCN(Cc3cc[cH-]c3)CC2)nc1. The molecule has 0 spiro atoms. The normalized spacial score (nSPS) is 14.4. The van der Waals surface area contributed by atoms with Crippen LogP contribution >= 0.6 is 0 Å². The third-order valence-corrected chi connectivity index (χ3v) is 3.90. The number of hydrogen-bond donors (Lipinski definition) is 0. The van der Waals surface area contributed by atoms with Crippen molar-refractivity contribution in [1.82, 2.24) is 14.9 Å². The second kappa shape index (κ2) is 10.0. The van der Waals surface area contributed by atoms with E-state index < -0.39 is 0 Å². The van der Waals surface area contributed by atoms with Crippen LogP contribution in [0.3, 0.4) is 0 Å². The smallest absolute Gasteiger partial charge is 0.338 e. The van der Waals surface area contributed by atoms with Crippen LogP contribution in [0.1, 0.15) is 5.56 Å². The molecule has 4 rings (SSSR count). The summed E-state index contributed by atoms with van der Waals surface area (Å²) in [6.45, 7) is 5.21. The van der Waals surface area contributed by atoms with E-state index in [-0.39, 0.29) is 17.1 Å². The fourth-order valence-corrected chi connectivity index (χ4v) is 2.66. The summed E-state index contributed by atoms with van der Waals surface area (Å²) >= 11 is 0. The van der Waals surface area contributed by atoms with Crippen molar-refractivity contribution in [1.29, 1.82) is 0 Å². The predicted molar refractivity (Wildman–Crippen MR) is 93.6 cm³/mol. The van der Waals surface area contributed by atoms with Crippen LogP contribution in [0, 0.1) is 0 Å². The van der Waals surface area contributed by atoms with Crippen molar-refractivity contribution >= 4 is 5.95 Å². The summed E-state index contributed by atoms with van der Waals surface area (Å²) in [6, 6.07) is 20.4. The van der Waals surface area contributed by atoms with Crippen molar-refractivity contribution < 1.29 is 17.1 Å². The van der Waals surface area contributed by atoms with Gasteiger partial charge in [0.05, 0.1) is 0 Å². The average Bonchev–Trinajstić information content (AvgIpc) is 3.33. The van der Waals surface area contributed by atoms with Crippen molar-refractivity contribution in [2.45, 2.75) is 6.54 Å². The first-order valence-corrected chi connectivity index (χ1v) is 8.03. The van der Waals surface area contributed by atoms with Crippen LogP contribution in [-0.4, -0.2) is 41.0 Å². The van der Waals surface area contributed by atoms with Crippen LogP contribution in [-0.2, 0) is 23.6 Å². The zero-order chi connectivity index (χ0) is 15.7. The molecular formula is C19H22FeN4. The van der Waals surface area contributed by atoms with Crippen molar-refractivity contribution in [3.8, 4) is 0 Å². The molecule has 2 heterocycles. The van der Waals surface area contributed by atoms with E-state index in [1.165, 1.54) is 5.56 Å². The summed E-state index contributed by atoms with van der Waals surface area (Å²) in [5, 5.41) is 0. The summed E-state index contributed by atoms with van der Waals surface area (Å²) < 4.78 is 0. The van der Waals surface area contributed by atoms with Crippen molar-refractivity contribution in [3.63, 3.8) is 0 Å². The number of anilines is 1. The zero-order valence-corrected chi connectivity index (χ0v) is 14.7. The van der Waals surface area contributed by atoms with Gasteiger partial charge in [-0.15, -0.1) is 0 Å². The number of aromatic nitrogens is 2. The van der Waals surface area contributed by atoms with Gasteiger partial charge in [0.15, 0.2) is 0 Å². The summed E-state index contributed by atoms with van der Waals surface area (Å²) in [7, 11) is 0. The molecule has 0 aliphatic carbocycles. The van der Waals surface area contributed by atoms with E-state index in [9.17, 15) is 0 Å². The minimum atomic E-state index is 0. The molecule has 0 bridgehead atoms. The number of nitrogens with zero attached hydrogens (tertiary/aromatic N) is 4. The summed E-state index contributed by atoms with van der Waals surface area (Å²) in [6.07, 6.45) is 3.61. The number of hydrogen-bond acceptors (Lipinski definition) is 4. The van der Waals surface area contributed by atoms with Gasteiger partial charge < -0.3 is 9.80 Å². The fraction of sp³-hybridized carbons (Fsp3) is 0.263. The van der Waals surface area contributed by atoms with Gasteiger partial charge in [0.25, 0.3) is 0 Å². The van der Waals surface area contributed by atoms with Crippen molar-refractivity contribution in [3.05, 3.63) is 78.6 Å². The Kier molecular flexibility index (Phi) is 7.69. The maximum atomic E-state index is 4.30. The Morgan fingerprint density at radius 3 is 2.12 bits per heavy atom. The number of rotatable bonds is 3. The van der Waals surface area contributed by atoms with Crippen molar-refractivity contribution in [2.24, 2.45) is 0 Å². The molecule has 0 radical (unpaired) electrons. The summed E-state index contributed by atoms with van der Waals surface area (Å²) in [4.78, 5) is 13.3. The average molecular weight is 362 g/mol.